The van der Waals surface area contributed by atoms with Crippen molar-refractivity contribution in [1.82, 2.24) is 9.80 Å². The fraction of sp³-hybridized carbons (Fsp3) is 0.562. The summed E-state index contributed by atoms with van der Waals surface area (Å²) in [6.07, 6.45) is 1.10. The molecular formula is C16H25N3O. The molecule has 4 nitrogen and oxygen atoms in total. The van der Waals surface area contributed by atoms with Crippen molar-refractivity contribution < 1.29 is 4.79 Å². The SMILES string of the molecule is CCN(CC)CC1CCN(C(=O)c2cccc(N)c2)C1. The molecule has 1 aromatic carbocycles. The van der Waals surface area contributed by atoms with Crippen molar-refractivity contribution in [2.45, 2.75) is 20.3 Å². The first-order valence-corrected chi connectivity index (χ1v) is 7.51. The number of amides is 1. The number of likely N-dealkylation sites (tertiary alicyclic amines) is 1. The summed E-state index contributed by atoms with van der Waals surface area (Å²) in [4.78, 5) is 16.8. The van der Waals surface area contributed by atoms with Gasteiger partial charge in [0.05, 0.1) is 0 Å². The molecule has 1 heterocycles. The average molecular weight is 275 g/mol. The number of benzene rings is 1. The van der Waals surface area contributed by atoms with Gasteiger partial charge in [0.1, 0.15) is 0 Å². The van der Waals surface area contributed by atoms with E-state index in [-0.39, 0.29) is 5.91 Å². The van der Waals surface area contributed by atoms with Crippen LogP contribution in [0.3, 0.4) is 0 Å². The maximum absolute atomic E-state index is 12.4. The Morgan fingerprint density at radius 2 is 2.15 bits per heavy atom. The van der Waals surface area contributed by atoms with Crippen molar-refractivity contribution in [1.29, 1.82) is 0 Å². The maximum atomic E-state index is 12.4. The van der Waals surface area contributed by atoms with E-state index in [4.69, 9.17) is 5.73 Å². The smallest absolute Gasteiger partial charge is 0.253 e. The van der Waals surface area contributed by atoms with E-state index in [1.165, 1.54) is 0 Å². The Labute approximate surface area is 121 Å². The lowest BCUT2D eigenvalue weighted by Gasteiger charge is -2.22. The summed E-state index contributed by atoms with van der Waals surface area (Å²) in [5, 5.41) is 0. The number of hydrogen-bond acceptors (Lipinski definition) is 3. The van der Waals surface area contributed by atoms with Gasteiger partial charge in [0.15, 0.2) is 0 Å². The number of anilines is 1. The Morgan fingerprint density at radius 3 is 2.80 bits per heavy atom. The van der Waals surface area contributed by atoms with Crippen LogP contribution in [-0.4, -0.2) is 48.4 Å². The fourth-order valence-corrected chi connectivity index (χ4v) is 2.87. The fourth-order valence-electron chi connectivity index (χ4n) is 2.87. The van der Waals surface area contributed by atoms with Crippen LogP contribution in [0.5, 0.6) is 0 Å². The van der Waals surface area contributed by atoms with Gasteiger partial charge >= 0.3 is 0 Å². The zero-order valence-electron chi connectivity index (χ0n) is 12.5. The van der Waals surface area contributed by atoms with Crippen LogP contribution in [0.2, 0.25) is 0 Å². The molecule has 20 heavy (non-hydrogen) atoms. The Bertz CT molecular complexity index is 457. The Morgan fingerprint density at radius 1 is 1.40 bits per heavy atom. The third-order valence-electron chi connectivity index (χ3n) is 4.12. The molecule has 1 unspecified atom stereocenters. The normalized spacial score (nSPS) is 18.8. The highest BCUT2D eigenvalue weighted by atomic mass is 16.2. The summed E-state index contributed by atoms with van der Waals surface area (Å²) in [7, 11) is 0. The van der Waals surface area contributed by atoms with Crippen LogP contribution >= 0.6 is 0 Å². The number of rotatable bonds is 5. The molecule has 4 heteroatoms. The molecule has 0 spiro atoms. The second kappa shape index (κ2) is 6.75. The zero-order chi connectivity index (χ0) is 14.5. The van der Waals surface area contributed by atoms with Gasteiger partial charge < -0.3 is 15.5 Å². The minimum atomic E-state index is 0.111. The molecule has 1 aliphatic heterocycles. The summed E-state index contributed by atoms with van der Waals surface area (Å²) in [5.74, 6) is 0.708. The van der Waals surface area contributed by atoms with E-state index < -0.39 is 0 Å². The van der Waals surface area contributed by atoms with Crippen LogP contribution in [0.25, 0.3) is 0 Å². The number of carbonyl (C=O) groups excluding carboxylic acids is 1. The van der Waals surface area contributed by atoms with Crippen LogP contribution in [0.4, 0.5) is 5.69 Å². The number of nitrogens with two attached hydrogens (primary N) is 1. The first-order valence-electron chi connectivity index (χ1n) is 7.51. The first-order chi connectivity index (χ1) is 9.63. The topological polar surface area (TPSA) is 49.6 Å². The van der Waals surface area contributed by atoms with Crippen LogP contribution in [0.15, 0.2) is 24.3 Å². The molecule has 0 aliphatic carbocycles. The Kier molecular flexibility index (Phi) is 5.01. The quantitative estimate of drug-likeness (QED) is 0.837. The van der Waals surface area contributed by atoms with Crippen molar-refractivity contribution in [2.24, 2.45) is 5.92 Å². The summed E-state index contributed by atoms with van der Waals surface area (Å²) in [5.41, 5.74) is 7.10. The van der Waals surface area contributed by atoms with Crippen molar-refractivity contribution in [3.63, 3.8) is 0 Å². The zero-order valence-corrected chi connectivity index (χ0v) is 12.5. The second-order valence-electron chi connectivity index (χ2n) is 5.52. The van der Waals surface area contributed by atoms with Crippen molar-refractivity contribution in [3.05, 3.63) is 29.8 Å². The molecule has 0 bridgehead atoms. The van der Waals surface area contributed by atoms with Crippen molar-refractivity contribution in [2.75, 3.05) is 38.5 Å². The van der Waals surface area contributed by atoms with E-state index in [0.29, 0.717) is 17.2 Å². The van der Waals surface area contributed by atoms with Gasteiger partial charge in [-0.05, 0) is 43.6 Å². The minimum Gasteiger partial charge on any atom is -0.399 e. The van der Waals surface area contributed by atoms with Gasteiger partial charge in [-0.2, -0.15) is 0 Å². The monoisotopic (exact) mass is 275 g/mol. The standard InChI is InChI=1S/C16H25N3O/c1-3-18(4-2)11-13-8-9-19(12-13)16(20)14-6-5-7-15(17)10-14/h5-7,10,13H,3-4,8-9,11-12,17H2,1-2H3. The molecule has 0 saturated carbocycles. The maximum Gasteiger partial charge on any atom is 0.253 e. The van der Waals surface area contributed by atoms with Crippen LogP contribution < -0.4 is 5.73 Å². The van der Waals surface area contributed by atoms with E-state index in [0.717, 1.165) is 39.1 Å². The summed E-state index contributed by atoms with van der Waals surface area (Å²) in [6.45, 7) is 9.35. The Balaban J connectivity index is 1.94. The molecule has 1 aliphatic rings. The largest absolute Gasteiger partial charge is 0.399 e. The van der Waals surface area contributed by atoms with Crippen LogP contribution in [0.1, 0.15) is 30.6 Å². The predicted molar refractivity (Wildman–Crippen MR) is 82.7 cm³/mol. The molecule has 0 radical (unpaired) electrons. The average Bonchev–Trinajstić information content (AvgIpc) is 2.92. The molecule has 2 N–H and O–H groups in total. The molecule has 1 fully saturated rings. The Hall–Kier alpha value is -1.55. The highest BCUT2D eigenvalue weighted by Gasteiger charge is 2.27. The number of nitrogens with zero attached hydrogens (tertiary/aromatic N) is 2. The van der Waals surface area contributed by atoms with Gasteiger partial charge in [0, 0.05) is 30.9 Å². The van der Waals surface area contributed by atoms with Gasteiger partial charge in [-0.15, -0.1) is 0 Å². The van der Waals surface area contributed by atoms with E-state index in [9.17, 15) is 4.79 Å². The highest BCUT2D eigenvalue weighted by molar-refractivity contribution is 5.95. The highest BCUT2D eigenvalue weighted by Crippen LogP contribution is 2.20. The summed E-state index contributed by atoms with van der Waals surface area (Å²) >= 11 is 0. The number of hydrogen-bond donors (Lipinski definition) is 1. The first kappa shape index (κ1) is 14.9. The molecule has 1 saturated heterocycles. The second-order valence-corrected chi connectivity index (χ2v) is 5.52. The lowest BCUT2D eigenvalue weighted by Crippen LogP contribution is -2.33. The minimum absolute atomic E-state index is 0.111. The predicted octanol–water partition coefficient (Wildman–Crippen LogP) is 2.07. The molecular weight excluding hydrogens is 250 g/mol. The third-order valence-corrected chi connectivity index (χ3v) is 4.12. The van der Waals surface area contributed by atoms with E-state index in [1.54, 1.807) is 6.07 Å². The third kappa shape index (κ3) is 3.51. The van der Waals surface area contributed by atoms with Crippen LogP contribution in [-0.2, 0) is 0 Å². The molecule has 0 aromatic heterocycles. The van der Waals surface area contributed by atoms with Gasteiger partial charge in [0.2, 0.25) is 0 Å². The lowest BCUT2D eigenvalue weighted by molar-refractivity contribution is 0.0784. The lowest BCUT2D eigenvalue weighted by atomic mass is 10.1. The van der Waals surface area contributed by atoms with Crippen molar-refractivity contribution in [3.8, 4) is 0 Å². The molecule has 1 atom stereocenters. The summed E-state index contributed by atoms with van der Waals surface area (Å²) in [6, 6.07) is 7.26. The van der Waals surface area contributed by atoms with Gasteiger partial charge in [-0.1, -0.05) is 19.9 Å². The van der Waals surface area contributed by atoms with Gasteiger partial charge in [-0.25, -0.2) is 0 Å². The van der Waals surface area contributed by atoms with E-state index in [2.05, 4.69) is 18.7 Å². The van der Waals surface area contributed by atoms with Crippen LogP contribution in [0, 0.1) is 5.92 Å². The van der Waals surface area contributed by atoms with Gasteiger partial charge in [0.25, 0.3) is 5.91 Å². The van der Waals surface area contributed by atoms with Gasteiger partial charge in [-0.3, -0.25) is 4.79 Å². The molecule has 1 amide bonds. The van der Waals surface area contributed by atoms with E-state index in [1.807, 2.05) is 23.1 Å². The number of carbonyl (C=O) groups is 1. The van der Waals surface area contributed by atoms with E-state index >= 15 is 0 Å². The molecule has 1 aromatic rings. The molecule has 110 valence electrons. The summed E-state index contributed by atoms with van der Waals surface area (Å²) < 4.78 is 0. The number of nitrogen functional groups attached to an aromatic ring is 1. The van der Waals surface area contributed by atoms with Crippen molar-refractivity contribution >= 4 is 11.6 Å². The molecule has 2 rings (SSSR count).